The second kappa shape index (κ2) is 16.0. The highest BCUT2D eigenvalue weighted by Gasteiger charge is 2.49. The predicted octanol–water partition coefficient (Wildman–Crippen LogP) is 4.34. The standard InChI is InChI=1S/C43H50N4O8/c1-9-28-24(3)33-19-34-26(5)31(18-23(2)55-54-17-15-49)37(45-34)21-36-29(11-13-41(50)53-16-14-48)25(4)35(44-36)20-39-32-12-10-30(42(51)52-8)27(6)43(32,7)40(47-39)22-38(28)46-33/h9-10,12,19-22,27,44-49H,1-2,11,13-18H2,3-8H3. The lowest BCUT2D eigenvalue weighted by Crippen LogP contribution is -2.33. The van der Waals surface area contributed by atoms with Crippen LogP contribution in [-0.4, -0.2) is 70.6 Å². The number of ether oxygens (including phenoxy) is 2. The Labute approximate surface area is 320 Å². The predicted molar refractivity (Wildman–Crippen MR) is 211 cm³/mol. The van der Waals surface area contributed by atoms with Crippen molar-refractivity contribution in [2.45, 2.75) is 53.9 Å². The summed E-state index contributed by atoms with van der Waals surface area (Å²) in [7, 11) is 1.40. The number of aromatic nitrogens is 3. The summed E-state index contributed by atoms with van der Waals surface area (Å²) in [5.74, 6) is -0.638. The van der Waals surface area contributed by atoms with E-state index < -0.39 is 11.4 Å². The minimum Gasteiger partial charge on any atom is -0.466 e. The molecule has 0 spiro atoms. The molecule has 0 radical (unpaired) electrons. The Morgan fingerprint density at radius 2 is 1.60 bits per heavy atom. The highest BCUT2D eigenvalue weighted by molar-refractivity contribution is 5.91. The van der Waals surface area contributed by atoms with Crippen LogP contribution in [-0.2, 0) is 41.7 Å². The van der Waals surface area contributed by atoms with E-state index in [1.165, 1.54) is 7.11 Å². The van der Waals surface area contributed by atoms with Gasteiger partial charge >= 0.3 is 11.9 Å². The van der Waals surface area contributed by atoms with E-state index in [1.54, 1.807) is 0 Å². The Hall–Kier alpha value is -5.56. The Morgan fingerprint density at radius 1 is 0.891 bits per heavy atom. The van der Waals surface area contributed by atoms with Crippen LogP contribution in [0.5, 0.6) is 0 Å². The number of allylic oxidation sites excluding steroid dienone is 5. The normalized spacial score (nSPS) is 18.4. The third-order valence-corrected chi connectivity index (χ3v) is 11.1. The monoisotopic (exact) mass is 750 g/mol. The molecule has 290 valence electrons. The van der Waals surface area contributed by atoms with E-state index in [9.17, 15) is 19.8 Å². The first-order valence-corrected chi connectivity index (χ1v) is 18.4. The maximum Gasteiger partial charge on any atom is 0.334 e. The first-order chi connectivity index (χ1) is 26.4. The van der Waals surface area contributed by atoms with Gasteiger partial charge in [-0.05, 0) is 91.8 Å². The number of aliphatic hydroxyl groups excluding tert-OH is 2. The van der Waals surface area contributed by atoms with Gasteiger partial charge in [0.05, 0.1) is 20.3 Å². The number of carbonyl (C=O) groups excluding carboxylic acids is 2. The summed E-state index contributed by atoms with van der Waals surface area (Å²) in [5, 5.41) is 23.8. The Morgan fingerprint density at radius 3 is 2.31 bits per heavy atom. The lowest BCUT2D eigenvalue weighted by Gasteiger charge is -2.36. The quantitative estimate of drug-likeness (QED) is 0.0489. The van der Waals surface area contributed by atoms with Crippen molar-refractivity contribution in [3.05, 3.63) is 120 Å². The first kappa shape index (κ1) is 39.1. The van der Waals surface area contributed by atoms with Gasteiger partial charge in [0.1, 0.15) is 19.0 Å². The van der Waals surface area contributed by atoms with E-state index in [-0.39, 0.29) is 44.7 Å². The first-order valence-electron chi connectivity index (χ1n) is 18.4. The molecule has 12 nitrogen and oxygen atoms in total. The maximum atomic E-state index is 13.0. The molecule has 3 aromatic heterocycles. The molecule has 1 saturated heterocycles. The van der Waals surface area contributed by atoms with E-state index in [4.69, 9.17) is 19.2 Å². The molecule has 1 fully saturated rings. The molecular formula is C43H50N4O8. The fourth-order valence-electron chi connectivity index (χ4n) is 7.83. The number of rotatable bonds is 13. The van der Waals surface area contributed by atoms with Crippen molar-refractivity contribution in [3.8, 4) is 0 Å². The zero-order chi connectivity index (χ0) is 39.6. The molecule has 0 aromatic carbocycles. The summed E-state index contributed by atoms with van der Waals surface area (Å²) in [6.45, 7) is 18.0. The highest BCUT2D eigenvalue weighted by Crippen LogP contribution is 2.54. The van der Waals surface area contributed by atoms with Gasteiger partial charge in [-0.2, -0.15) is 4.89 Å². The smallest absolute Gasteiger partial charge is 0.334 e. The highest BCUT2D eigenvalue weighted by atomic mass is 17.2. The van der Waals surface area contributed by atoms with Gasteiger partial charge in [0.2, 0.25) is 0 Å². The largest absolute Gasteiger partial charge is 0.466 e. The van der Waals surface area contributed by atoms with Gasteiger partial charge in [0, 0.05) is 80.2 Å². The van der Waals surface area contributed by atoms with Gasteiger partial charge in [-0.3, -0.25) is 4.79 Å². The average molecular weight is 751 g/mol. The number of methoxy groups -OCH3 is 1. The molecule has 3 aliphatic rings. The molecule has 0 saturated carbocycles. The van der Waals surface area contributed by atoms with Crippen LogP contribution >= 0.6 is 0 Å². The average Bonchev–Trinajstić information content (AvgIpc) is 3.82. The maximum absolute atomic E-state index is 13.0. The zero-order valence-electron chi connectivity index (χ0n) is 32.3. The number of H-pyrrole nitrogens is 3. The van der Waals surface area contributed by atoms with Crippen LogP contribution in [0.1, 0.15) is 76.4 Å². The molecule has 55 heavy (non-hydrogen) atoms. The molecule has 2 aliphatic heterocycles. The van der Waals surface area contributed by atoms with Crippen molar-refractivity contribution in [1.82, 2.24) is 20.3 Å². The van der Waals surface area contributed by atoms with Gasteiger partial charge in [-0.1, -0.05) is 38.3 Å². The number of carbonyl (C=O) groups is 2. The zero-order valence-corrected chi connectivity index (χ0v) is 32.3. The van der Waals surface area contributed by atoms with Crippen molar-refractivity contribution in [2.24, 2.45) is 11.3 Å². The summed E-state index contributed by atoms with van der Waals surface area (Å²) in [5.41, 5.74) is 11.9. The van der Waals surface area contributed by atoms with Gasteiger partial charge < -0.3 is 44.8 Å². The minimum atomic E-state index is -0.626. The number of hydrogen-bond donors (Lipinski definition) is 6. The molecule has 8 bridgehead atoms. The molecule has 0 amide bonds. The molecule has 3 aromatic rings. The molecule has 6 rings (SSSR count). The lowest BCUT2D eigenvalue weighted by atomic mass is 9.65. The molecule has 5 heterocycles. The molecule has 6 N–H and O–H groups in total. The van der Waals surface area contributed by atoms with E-state index in [0.717, 1.165) is 83.8 Å². The van der Waals surface area contributed by atoms with E-state index >= 15 is 0 Å². The van der Waals surface area contributed by atoms with Crippen molar-refractivity contribution >= 4 is 42.3 Å². The van der Waals surface area contributed by atoms with E-state index in [0.29, 0.717) is 24.2 Å². The fourth-order valence-corrected chi connectivity index (χ4v) is 7.83. The van der Waals surface area contributed by atoms with Crippen molar-refractivity contribution in [3.63, 3.8) is 0 Å². The van der Waals surface area contributed by atoms with Gasteiger partial charge in [0.15, 0.2) is 0 Å². The van der Waals surface area contributed by atoms with Crippen molar-refractivity contribution in [1.29, 1.82) is 0 Å². The number of aromatic amines is 3. The summed E-state index contributed by atoms with van der Waals surface area (Å²) < 4.78 is 10.4. The number of aliphatic hydroxyl groups is 2. The Balaban J connectivity index is 1.63. The molecule has 2 unspecified atom stereocenters. The number of fused-ring (bicyclic) bond motifs is 11. The van der Waals surface area contributed by atoms with Crippen molar-refractivity contribution < 1.29 is 39.1 Å². The van der Waals surface area contributed by atoms with E-state index in [1.807, 2.05) is 45.1 Å². The summed E-state index contributed by atoms with van der Waals surface area (Å²) in [6, 6.07) is 0. The minimum absolute atomic E-state index is 0.00999. The Kier molecular flexibility index (Phi) is 11.4. The van der Waals surface area contributed by atoms with Crippen LogP contribution in [0.3, 0.4) is 0 Å². The van der Waals surface area contributed by atoms with Crippen LogP contribution in [0.2, 0.25) is 0 Å². The topological polar surface area (TPSA) is 171 Å². The number of hydrogen-bond acceptors (Lipinski definition) is 9. The van der Waals surface area contributed by atoms with Gasteiger partial charge in [0.25, 0.3) is 0 Å². The lowest BCUT2D eigenvalue weighted by molar-refractivity contribution is -0.266. The fraction of sp³-hybridized carbons (Fsp3) is 0.349. The third-order valence-electron chi connectivity index (χ3n) is 11.1. The van der Waals surface area contributed by atoms with Crippen LogP contribution in [0.4, 0.5) is 0 Å². The van der Waals surface area contributed by atoms with Crippen LogP contribution in [0.25, 0.3) is 30.4 Å². The van der Waals surface area contributed by atoms with E-state index in [2.05, 4.69) is 65.5 Å². The second-order valence-electron chi connectivity index (χ2n) is 14.2. The summed E-state index contributed by atoms with van der Waals surface area (Å²) in [6.07, 6.45) is 14.8. The number of esters is 2. The molecule has 1 aliphatic carbocycles. The Bertz CT molecular complexity index is 2310. The van der Waals surface area contributed by atoms with Crippen LogP contribution in [0.15, 0.2) is 53.6 Å². The SMILES string of the molecule is C=Cc1c2[nH]c(c1C)C=c1[nH]c(c(CC(=C)OOCCO)c1C)=Cc1[nH]c(c(C)c1CCC(=O)OCCO)C=C1NC(=C2)C2(C)C1=CC=C(C(=O)OC)C2C. The molecule has 2 atom stereocenters. The number of nitrogens with one attached hydrogen (secondary N) is 4. The van der Waals surface area contributed by atoms with Gasteiger partial charge in [-0.25, -0.2) is 4.79 Å². The third kappa shape index (κ3) is 7.32. The van der Waals surface area contributed by atoms with Gasteiger partial charge in [-0.15, -0.1) is 0 Å². The van der Waals surface area contributed by atoms with Crippen LogP contribution < -0.4 is 16.0 Å². The second-order valence-corrected chi connectivity index (χ2v) is 14.2. The molecule has 12 heteroatoms. The van der Waals surface area contributed by atoms with Crippen molar-refractivity contribution in [2.75, 3.05) is 33.5 Å². The summed E-state index contributed by atoms with van der Waals surface area (Å²) >= 11 is 0. The molecular weight excluding hydrogens is 700 g/mol. The summed E-state index contributed by atoms with van der Waals surface area (Å²) in [4.78, 5) is 47.1. The van der Waals surface area contributed by atoms with Crippen LogP contribution in [0, 0.1) is 32.1 Å².